The van der Waals surface area contributed by atoms with Crippen LogP contribution in [0, 0.1) is 0 Å². The molecule has 0 aliphatic heterocycles. The Morgan fingerprint density at radius 3 is 2.56 bits per heavy atom. The van der Waals surface area contributed by atoms with Gasteiger partial charge in [-0.1, -0.05) is 60.7 Å². The molecular weight excluding hydrogens is 404 g/mol. The predicted octanol–water partition coefficient (Wildman–Crippen LogP) is 3.96. The SMILES string of the molecule is O=C(NCCC=Cc1cc2c(=O)[nH]cnn2c1)OCC1c2ccccc2-c2ccccc21. The molecule has 0 saturated heterocycles. The van der Waals surface area contributed by atoms with Crippen LogP contribution >= 0.6 is 0 Å². The van der Waals surface area contributed by atoms with Crippen LogP contribution in [0.1, 0.15) is 29.0 Å². The smallest absolute Gasteiger partial charge is 0.407 e. The number of carbonyl (C=O) groups is 1. The molecule has 32 heavy (non-hydrogen) atoms. The van der Waals surface area contributed by atoms with Crippen molar-refractivity contribution in [1.82, 2.24) is 19.9 Å². The van der Waals surface area contributed by atoms with Crippen LogP contribution in [0.4, 0.5) is 4.79 Å². The molecule has 4 aromatic rings. The molecule has 5 rings (SSSR count). The maximum absolute atomic E-state index is 12.2. The van der Waals surface area contributed by atoms with Crippen molar-refractivity contribution >= 4 is 17.7 Å². The van der Waals surface area contributed by atoms with Crippen molar-refractivity contribution in [1.29, 1.82) is 0 Å². The molecule has 2 aromatic heterocycles. The number of rotatable bonds is 6. The summed E-state index contributed by atoms with van der Waals surface area (Å²) >= 11 is 0. The Bertz CT molecular complexity index is 1320. The fraction of sp³-hybridized carbons (Fsp3) is 0.160. The van der Waals surface area contributed by atoms with E-state index in [4.69, 9.17) is 4.74 Å². The number of fused-ring (bicyclic) bond motifs is 4. The zero-order valence-corrected chi connectivity index (χ0v) is 17.3. The molecule has 2 N–H and O–H groups in total. The Morgan fingerprint density at radius 2 is 1.84 bits per heavy atom. The van der Waals surface area contributed by atoms with Crippen LogP contribution in [0.2, 0.25) is 0 Å². The lowest BCUT2D eigenvalue weighted by Gasteiger charge is -2.14. The van der Waals surface area contributed by atoms with Gasteiger partial charge in [-0.05, 0) is 40.3 Å². The standard InChI is InChI=1S/C25H22N4O3/c30-24-23-13-17(14-29(23)28-16-27-24)7-5-6-12-26-25(31)32-15-22-20-10-3-1-8-18(20)19-9-2-4-11-21(19)22/h1-5,7-11,13-14,16,22H,6,12,15H2,(H,26,31)(H,27,28,30). The number of aromatic nitrogens is 3. The number of nitrogens with one attached hydrogen (secondary N) is 2. The molecule has 160 valence electrons. The summed E-state index contributed by atoms with van der Waals surface area (Å²) in [6.07, 6.45) is 7.19. The quantitative estimate of drug-likeness (QED) is 0.457. The zero-order valence-electron chi connectivity index (χ0n) is 17.3. The number of H-pyrrole nitrogens is 1. The average Bonchev–Trinajstić information content (AvgIpc) is 3.37. The van der Waals surface area contributed by atoms with E-state index >= 15 is 0 Å². The lowest BCUT2D eigenvalue weighted by Crippen LogP contribution is -2.26. The van der Waals surface area contributed by atoms with E-state index < -0.39 is 6.09 Å². The van der Waals surface area contributed by atoms with Gasteiger partial charge in [-0.2, -0.15) is 5.10 Å². The molecule has 0 atom stereocenters. The molecule has 0 bridgehead atoms. The Morgan fingerprint density at radius 1 is 1.12 bits per heavy atom. The van der Waals surface area contributed by atoms with Crippen LogP contribution in [0.15, 0.2) is 78.0 Å². The molecule has 0 saturated carbocycles. The summed E-state index contributed by atoms with van der Waals surface area (Å²) in [7, 11) is 0. The minimum atomic E-state index is -0.425. The highest BCUT2D eigenvalue weighted by molar-refractivity contribution is 5.79. The summed E-state index contributed by atoms with van der Waals surface area (Å²) in [6, 6.07) is 18.3. The lowest BCUT2D eigenvalue weighted by molar-refractivity contribution is 0.143. The highest BCUT2D eigenvalue weighted by atomic mass is 16.5. The number of aromatic amines is 1. The third-order valence-electron chi connectivity index (χ3n) is 5.67. The van der Waals surface area contributed by atoms with Gasteiger partial charge in [-0.15, -0.1) is 0 Å². The molecule has 7 heteroatoms. The van der Waals surface area contributed by atoms with Gasteiger partial charge in [0.1, 0.15) is 18.5 Å². The Hall–Kier alpha value is -4.13. The minimum Gasteiger partial charge on any atom is -0.449 e. The summed E-state index contributed by atoms with van der Waals surface area (Å²) in [6.45, 7) is 0.758. The van der Waals surface area contributed by atoms with Crippen LogP contribution < -0.4 is 10.9 Å². The number of hydrogen-bond acceptors (Lipinski definition) is 4. The lowest BCUT2D eigenvalue weighted by atomic mass is 9.98. The van der Waals surface area contributed by atoms with Crippen LogP contribution in [0.5, 0.6) is 0 Å². The van der Waals surface area contributed by atoms with E-state index in [2.05, 4.69) is 39.7 Å². The van der Waals surface area contributed by atoms with E-state index in [1.54, 1.807) is 12.3 Å². The second-order valence-electron chi connectivity index (χ2n) is 7.66. The fourth-order valence-corrected chi connectivity index (χ4v) is 4.18. The van der Waals surface area contributed by atoms with Gasteiger partial charge >= 0.3 is 6.09 Å². The van der Waals surface area contributed by atoms with Gasteiger partial charge in [-0.3, -0.25) is 4.79 Å². The summed E-state index contributed by atoms with van der Waals surface area (Å²) in [5.41, 5.74) is 5.97. The van der Waals surface area contributed by atoms with Crippen LogP contribution in [0.25, 0.3) is 22.7 Å². The highest BCUT2D eigenvalue weighted by Crippen LogP contribution is 2.44. The zero-order chi connectivity index (χ0) is 21.9. The first-order valence-electron chi connectivity index (χ1n) is 10.5. The topological polar surface area (TPSA) is 88.5 Å². The molecular formula is C25H22N4O3. The Labute approximate surface area is 184 Å². The number of benzene rings is 2. The molecule has 2 aromatic carbocycles. The van der Waals surface area contributed by atoms with E-state index in [0.717, 1.165) is 5.56 Å². The van der Waals surface area contributed by atoms with Crippen molar-refractivity contribution < 1.29 is 9.53 Å². The Balaban J connectivity index is 1.13. The van der Waals surface area contributed by atoms with Crippen molar-refractivity contribution in [3.63, 3.8) is 0 Å². The third kappa shape index (κ3) is 3.80. The van der Waals surface area contributed by atoms with Gasteiger partial charge in [0.25, 0.3) is 5.56 Å². The second kappa shape index (κ2) is 8.55. The molecule has 1 aliphatic rings. The Kier molecular flexibility index (Phi) is 5.29. The molecule has 2 heterocycles. The van der Waals surface area contributed by atoms with Crippen molar-refractivity contribution in [3.8, 4) is 11.1 Å². The van der Waals surface area contributed by atoms with Crippen LogP contribution in [-0.2, 0) is 4.74 Å². The molecule has 1 aliphatic carbocycles. The maximum atomic E-state index is 12.2. The first kappa shape index (κ1) is 19.8. The van der Waals surface area contributed by atoms with Crippen molar-refractivity contribution in [2.75, 3.05) is 13.2 Å². The van der Waals surface area contributed by atoms with E-state index in [1.807, 2.05) is 36.4 Å². The molecule has 0 spiro atoms. The number of hydrogen-bond donors (Lipinski definition) is 2. The van der Waals surface area contributed by atoms with Gasteiger partial charge in [0.05, 0.1) is 0 Å². The van der Waals surface area contributed by atoms with Gasteiger partial charge in [0, 0.05) is 18.7 Å². The van der Waals surface area contributed by atoms with E-state index in [9.17, 15) is 9.59 Å². The number of carbonyl (C=O) groups excluding carboxylic acids is 1. The molecule has 7 nitrogen and oxygen atoms in total. The van der Waals surface area contributed by atoms with Crippen LogP contribution in [0.3, 0.4) is 0 Å². The third-order valence-corrected chi connectivity index (χ3v) is 5.67. The molecule has 0 fully saturated rings. The van der Waals surface area contributed by atoms with Gasteiger partial charge in [-0.25, -0.2) is 9.31 Å². The van der Waals surface area contributed by atoms with Gasteiger partial charge in [0.2, 0.25) is 0 Å². The van der Waals surface area contributed by atoms with Crippen LogP contribution in [-0.4, -0.2) is 33.8 Å². The summed E-state index contributed by atoms with van der Waals surface area (Å²) in [5.74, 6) is 0.0498. The highest BCUT2D eigenvalue weighted by Gasteiger charge is 2.28. The number of nitrogens with zero attached hydrogens (tertiary/aromatic N) is 2. The number of amides is 1. The molecule has 1 amide bonds. The van der Waals surface area contributed by atoms with E-state index in [-0.39, 0.29) is 11.5 Å². The second-order valence-corrected chi connectivity index (χ2v) is 7.66. The van der Waals surface area contributed by atoms with E-state index in [0.29, 0.717) is 25.1 Å². The first-order valence-corrected chi connectivity index (χ1v) is 10.5. The van der Waals surface area contributed by atoms with Crippen molar-refractivity contribution in [2.45, 2.75) is 12.3 Å². The summed E-state index contributed by atoms with van der Waals surface area (Å²) in [4.78, 5) is 26.5. The van der Waals surface area contributed by atoms with Crippen molar-refractivity contribution in [3.05, 3.63) is 100 Å². The summed E-state index contributed by atoms with van der Waals surface area (Å²) in [5, 5.41) is 6.86. The predicted molar refractivity (Wildman–Crippen MR) is 123 cm³/mol. The number of alkyl carbamates (subject to hydrolysis) is 1. The monoisotopic (exact) mass is 426 g/mol. The first-order chi connectivity index (χ1) is 15.7. The average molecular weight is 426 g/mol. The van der Waals surface area contributed by atoms with E-state index in [1.165, 1.54) is 33.1 Å². The van der Waals surface area contributed by atoms with Crippen molar-refractivity contribution in [2.24, 2.45) is 0 Å². The largest absolute Gasteiger partial charge is 0.449 e. The fourth-order valence-electron chi connectivity index (χ4n) is 4.18. The van der Waals surface area contributed by atoms with Gasteiger partial charge < -0.3 is 15.0 Å². The van der Waals surface area contributed by atoms with Gasteiger partial charge in [0.15, 0.2) is 0 Å². The molecule has 0 radical (unpaired) electrons. The maximum Gasteiger partial charge on any atom is 0.407 e. The minimum absolute atomic E-state index is 0.0498. The molecule has 0 unspecified atom stereocenters. The summed E-state index contributed by atoms with van der Waals surface area (Å²) < 4.78 is 7.07. The number of ether oxygens (including phenoxy) is 1. The normalized spacial score (nSPS) is 12.8.